The summed E-state index contributed by atoms with van der Waals surface area (Å²) >= 11 is 0. The zero-order valence-electron chi connectivity index (χ0n) is 21.8. The summed E-state index contributed by atoms with van der Waals surface area (Å²) in [5, 5.41) is 16.6. The Morgan fingerprint density at radius 3 is 2.74 bits per heavy atom. The van der Waals surface area contributed by atoms with E-state index in [0.29, 0.717) is 5.69 Å². The first kappa shape index (κ1) is 24.2. The highest BCUT2D eigenvalue weighted by molar-refractivity contribution is 5.77. The van der Waals surface area contributed by atoms with Crippen molar-refractivity contribution in [2.24, 2.45) is 0 Å². The van der Waals surface area contributed by atoms with Crippen LogP contribution in [0.4, 0.5) is 16.0 Å². The molecular weight excluding hydrogens is 483 g/mol. The molecule has 3 aromatic heterocycles. The van der Waals surface area contributed by atoms with Crippen LogP contribution in [0.15, 0.2) is 41.3 Å². The number of fused-ring (bicyclic) bond motifs is 2. The minimum Gasteiger partial charge on any atom is -0.324 e. The minimum absolute atomic E-state index is 0.0367. The van der Waals surface area contributed by atoms with Crippen molar-refractivity contribution in [2.75, 3.05) is 11.9 Å². The number of nitriles is 1. The van der Waals surface area contributed by atoms with E-state index in [1.54, 1.807) is 13.8 Å². The molecule has 0 amide bonds. The van der Waals surface area contributed by atoms with E-state index in [4.69, 9.17) is 0 Å². The van der Waals surface area contributed by atoms with Crippen LogP contribution in [0.2, 0.25) is 0 Å². The maximum atomic E-state index is 15.3. The zero-order chi connectivity index (χ0) is 26.8. The Hall–Kier alpha value is -4.10. The van der Waals surface area contributed by atoms with Crippen molar-refractivity contribution in [3.8, 4) is 11.9 Å². The summed E-state index contributed by atoms with van der Waals surface area (Å²) in [6, 6.07) is 11.1. The Balaban J connectivity index is 1.48. The van der Waals surface area contributed by atoms with Crippen LogP contribution in [-0.2, 0) is 17.4 Å². The lowest BCUT2D eigenvalue weighted by molar-refractivity contribution is 0.435. The second-order valence-electron chi connectivity index (χ2n) is 11.3. The molecule has 4 heterocycles. The molecule has 2 aliphatic rings. The summed E-state index contributed by atoms with van der Waals surface area (Å²) in [5.41, 5.74) is 2.80. The SMILES string of the molecule is CC(C)(C#N)c1ccc(F)c(-n2c3nc(Nc4ccc5c(c4)CNCC5(C)C)ncc3c(=O)n2C2CC2)n1. The van der Waals surface area contributed by atoms with E-state index in [0.717, 1.165) is 31.6 Å². The van der Waals surface area contributed by atoms with Crippen LogP contribution in [0, 0.1) is 17.1 Å². The number of aromatic nitrogens is 5. The van der Waals surface area contributed by atoms with Crippen LogP contribution >= 0.6 is 0 Å². The van der Waals surface area contributed by atoms with Gasteiger partial charge < -0.3 is 10.6 Å². The van der Waals surface area contributed by atoms with Crippen molar-refractivity contribution in [3.05, 3.63) is 69.5 Å². The highest BCUT2D eigenvalue weighted by Gasteiger charge is 2.33. The fourth-order valence-corrected chi connectivity index (χ4v) is 5.11. The van der Waals surface area contributed by atoms with Gasteiger partial charge in [-0.2, -0.15) is 10.2 Å². The van der Waals surface area contributed by atoms with Gasteiger partial charge in [-0.25, -0.2) is 23.7 Å². The standard InChI is InChI=1S/C28H29FN8O/c1-27(2,14-30)22-10-9-21(29)24(34-22)37-23-19(25(38)36(37)18-6-7-18)13-32-26(35-23)33-17-5-8-20-16(11-17)12-31-15-28(20,3)4/h5,8-11,13,18,31H,6-7,12,15H2,1-4H3,(H,32,33,35). The molecule has 1 aromatic carbocycles. The number of benzene rings is 1. The maximum Gasteiger partial charge on any atom is 0.278 e. The predicted molar refractivity (Wildman–Crippen MR) is 142 cm³/mol. The lowest BCUT2D eigenvalue weighted by atomic mass is 9.79. The molecule has 9 nitrogen and oxygen atoms in total. The number of nitrogens with one attached hydrogen (secondary N) is 2. The van der Waals surface area contributed by atoms with Crippen molar-refractivity contribution in [2.45, 2.75) is 64.0 Å². The molecule has 0 unspecified atom stereocenters. The molecule has 1 aliphatic heterocycles. The number of rotatable bonds is 5. The molecule has 0 bridgehead atoms. The second kappa shape index (κ2) is 8.46. The molecule has 2 N–H and O–H groups in total. The highest BCUT2D eigenvalue weighted by Crippen LogP contribution is 2.36. The molecule has 0 atom stereocenters. The molecule has 1 aliphatic carbocycles. The molecule has 1 fully saturated rings. The normalized spacial score (nSPS) is 16.7. The van der Waals surface area contributed by atoms with E-state index in [1.165, 1.54) is 38.8 Å². The second-order valence-corrected chi connectivity index (χ2v) is 11.3. The number of nitrogens with zero attached hydrogens (tertiary/aromatic N) is 6. The number of pyridine rings is 1. The number of hydrogen-bond donors (Lipinski definition) is 2. The van der Waals surface area contributed by atoms with Gasteiger partial charge in [-0.3, -0.25) is 4.79 Å². The van der Waals surface area contributed by atoms with Gasteiger partial charge in [-0.1, -0.05) is 19.9 Å². The predicted octanol–water partition coefficient (Wildman–Crippen LogP) is 4.38. The molecular formula is C28H29FN8O. The van der Waals surface area contributed by atoms with Crippen molar-refractivity contribution in [1.29, 1.82) is 5.26 Å². The molecule has 0 radical (unpaired) electrons. The van der Waals surface area contributed by atoms with Gasteiger partial charge in [0.15, 0.2) is 17.3 Å². The van der Waals surface area contributed by atoms with E-state index < -0.39 is 11.2 Å². The molecule has 194 valence electrons. The third-order valence-electron chi connectivity index (χ3n) is 7.44. The topological polar surface area (TPSA) is 113 Å². The molecule has 4 aromatic rings. The fraction of sp³-hybridized carbons (Fsp3) is 0.393. The van der Waals surface area contributed by atoms with Crippen LogP contribution in [0.25, 0.3) is 16.9 Å². The first-order valence-corrected chi connectivity index (χ1v) is 12.8. The van der Waals surface area contributed by atoms with Crippen LogP contribution in [0.5, 0.6) is 0 Å². The summed E-state index contributed by atoms with van der Waals surface area (Å²) in [7, 11) is 0. The van der Waals surface area contributed by atoms with Crippen molar-refractivity contribution < 1.29 is 4.39 Å². The van der Waals surface area contributed by atoms with Gasteiger partial charge in [0.25, 0.3) is 5.56 Å². The van der Waals surface area contributed by atoms with Gasteiger partial charge in [0, 0.05) is 30.4 Å². The maximum absolute atomic E-state index is 15.3. The van der Waals surface area contributed by atoms with Gasteiger partial charge in [0.1, 0.15) is 5.39 Å². The quantitative estimate of drug-likeness (QED) is 0.408. The van der Waals surface area contributed by atoms with Gasteiger partial charge in [-0.15, -0.1) is 0 Å². The van der Waals surface area contributed by atoms with Crippen molar-refractivity contribution >= 4 is 22.7 Å². The first-order valence-electron chi connectivity index (χ1n) is 12.8. The lowest BCUT2D eigenvalue weighted by Crippen LogP contribution is -2.38. The largest absolute Gasteiger partial charge is 0.324 e. The smallest absolute Gasteiger partial charge is 0.278 e. The highest BCUT2D eigenvalue weighted by atomic mass is 19.1. The zero-order valence-corrected chi connectivity index (χ0v) is 21.8. The van der Waals surface area contributed by atoms with Crippen LogP contribution < -0.4 is 16.2 Å². The first-order chi connectivity index (χ1) is 18.1. The summed E-state index contributed by atoms with van der Waals surface area (Å²) in [6.07, 6.45) is 3.09. The Kier molecular flexibility index (Phi) is 5.40. The average Bonchev–Trinajstić information content (AvgIpc) is 3.68. The van der Waals surface area contributed by atoms with Crippen LogP contribution in [0.1, 0.15) is 63.4 Å². The van der Waals surface area contributed by atoms with Gasteiger partial charge in [0.05, 0.1) is 23.2 Å². The average molecular weight is 513 g/mol. The Labute approximate surface area is 219 Å². The van der Waals surface area contributed by atoms with E-state index in [2.05, 4.69) is 57.6 Å². The summed E-state index contributed by atoms with van der Waals surface area (Å²) < 4.78 is 18.2. The van der Waals surface area contributed by atoms with Crippen LogP contribution in [0.3, 0.4) is 0 Å². The Bertz CT molecular complexity index is 1690. The number of hydrogen-bond acceptors (Lipinski definition) is 7. The number of halogens is 1. The molecule has 6 rings (SSSR count). The monoisotopic (exact) mass is 512 g/mol. The Morgan fingerprint density at radius 2 is 2.00 bits per heavy atom. The molecule has 38 heavy (non-hydrogen) atoms. The van der Waals surface area contributed by atoms with Gasteiger partial charge >= 0.3 is 0 Å². The van der Waals surface area contributed by atoms with Gasteiger partial charge in [0.2, 0.25) is 5.95 Å². The summed E-state index contributed by atoms with van der Waals surface area (Å²) in [4.78, 5) is 27.0. The number of anilines is 2. The van der Waals surface area contributed by atoms with Crippen molar-refractivity contribution in [3.63, 3.8) is 0 Å². The lowest BCUT2D eigenvalue weighted by Gasteiger charge is -2.33. The van der Waals surface area contributed by atoms with E-state index in [1.807, 2.05) is 6.07 Å². The fourth-order valence-electron chi connectivity index (χ4n) is 5.11. The molecule has 0 spiro atoms. The van der Waals surface area contributed by atoms with Gasteiger partial charge in [-0.05, 0) is 62.1 Å². The third kappa shape index (κ3) is 3.94. The summed E-state index contributed by atoms with van der Waals surface area (Å²) in [6.45, 7) is 9.56. The van der Waals surface area contributed by atoms with E-state index in [9.17, 15) is 10.1 Å². The minimum atomic E-state index is -0.937. The van der Waals surface area contributed by atoms with Crippen LogP contribution in [-0.4, -0.2) is 30.9 Å². The Morgan fingerprint density at radius 1 is 1.21 bits per heavy atom. The molecule has 1 saturated carbocycles. The van der Waals surface area contributed by atoms with Crippen molar-refractivity contribution in [1.82, 2.24) is 29.6 Å². The molecule has 10 heteroatoms. The third-order valence-corrected chi connectivity index (χ3v) is 7.44. The van der Waals surface area contributed by atoms with E-state index >= 15 is 4.39 Å². The molecule has 0 saturated heterocycles. The summed E-state index contributed by atoms with van der Waals surface area (Å²) in [5.74, 6) is -0.376. The van der Waals surface area contributed by atoms with E-state index in [-0.39, 0.29) is 39.8 Å².